The fraction of sp³-hybridized carbons (Fsp3) is 0.312. The van der Waals surface area contributed by atoms with Gasteiger partial charge < -0.3 is 5.32 Å². The van der Waals surface area contributed by atoms with Gasteiger partial charge in [-0.05, 0) is 30.2 Å². The lowest BCUT2D eigenvalue weighted by Crippen LogP contribution is -2.29. The van der Waals surface area contributed by atoms with Crippen molar-refractivity contribution in [2.75, 3.05) is 5.75 Å². The minimum Gasteiger partial charge on any atom is -0.349 e. The maximum absolute atomic E-state index is 12.6. The molecule has 0 aliphatic heterocycles. The van der Waals surface area contributed by atoms with Crippen LogP contribution in [0.3, 0.4) is 0 Å². The Morgan fingerprint density at radius 1 is 1.28 bits per heavy atom. The molecule has 0 aliphatic carbocycles. The summed E-state index contributed by atoms with van der Waals surface area (Å²) >= 11 is 6.70. The predicted octanol–water partition coefficient (Wildman–Crippen LogP) is 4.51. The third-order valence-electron chi connectivity index (χ3n) is 3.27. The second kappa shape index (κ2) is 8.53. The number of aromatic nitrogens is 2. The maximum Gasteiger partial charge on any atom is 0.433 e. The number of hydrogen-bond donors (Lipinski definition) is 1. The topological polar surface area (TPSA) is 54.9 Å². The van der Waals surface area contributed by atoms with E-state index >= 15 is 0 Å². The first kappa shape index (κ1) is 19.5. The second-order valence-corrected chi connectivity index (χ2v) is 6.47. The van der Waals surface area contributed by atoms with Gasteiger partial charge >= 0.3 is 6.18 Å². The fourth-order valence-electron chi connectivity index (χ4n) is 2.05. The molecule has 0 radical (unpaired) electrons. The highest BCUT2D eigenvalue weighted by Crippen LogP contribution is 2.28. The highest BCUT2D eigenvalue weighted by molar-refractivity contribution is 7.99. The molecule has 1 N–H and O–H groups in total. The minimum absolute atomic E-state index is 0.0780. The average Bonchev–Trinajstić information content (AvgIpc) is 2.58. The van der Waals surface area contributed by atoms with Gasteiger partial charge in [-0.15, -0.1) is 0 Å². The van der Waals surface area contributed by atoms with Crippen molar-refractivity contribution in [2.45, 2.75) is 30.7 Å². The highest BCUT2D eigenvalue weighted by Gasteiger charge is 2.32. The third-order valence-corrected chi connectivity index (χ3v) is 4.39. The molecule has 1 unspecified atom stereocenters. The summed E-state index contributed by atoms with van der Waals surface area (Å²) < 4.78 is 37.8. The van der Waals surface area contributed by atoms with Gasteiger partial charge in [0.1, 0.15) is 5.69 Å². The number of nitrogens with one attached hydrogen (secondary N) is 1. The van der Waals surface area contributed by atoms with Crippen LogP contribution < -0.4 is 5.32 Å². The smallest absolute Gasteiger partial charge is 0.349 e. The van der Waals surface area contributed by atoms with Crippen LogP contribution in [-0.2, 0) is 11.0 Å². The van der Waals surface area contributed by atoms with Crippen LogP contribution in [0.2, 0.25) is 5.02 Å². The third kappa shape index (κ3) is 5.89. The normalized spacial score (nSPS) is 12.7. The van der Waals surface area contributed by atoms with E-state index in [1.165, 1.54) is 0 Å². The van der Waals surface area contributed by atoms with Crippen LogP contribution in [0.1, 0.15) is 30.6 Å². The number of hydrogen-bond acceptors (Lipinski definition) is 4. The van der Waals surface area contributed by atoms with Gasteiger partial charge in [-0.3, -0.25) is 4.79 Å². The molecular formula is C16H15ClF3N3OS. The number of halogens is 4. The Bertz CT molecular complexity index is 725. The van der Waals surface area contributed by atoms with Crippen LogP contribution >= 0.6 is 23.4 Å². The van der Waals surface area contributed by atoms with Crippen molar-refractivity contribution in [3.63, 3.8) is 0 Å². The van der Waals surface area contributed by atoms with E-state index in [0.717, 1.165) is 29.6 Å². The lowest BCUT2D eigenvalue weighted by atomic mass is 10.0. The van der Waals surface area contributed by atoms with Crippen molar-refractivity contribution < 1.29 is 18.0 Å². The standard InChI is InChI=1S/C16H15ClF3N3OS/c1-2-12(10-3-5-11(17)6-4-10)22-14(24)9-25-15-21-8-7-13(23-15)16(18,19)20/h3-8,12H,2,9H2,1H3,(H,22,24). The lowest BCUT2D eigenvalue weighted by Gasteiger charge is -2.17. The summed E-state index contributed by atoms with van der Waals surface area (Å²) in [7, 11) is 0. The summed E-state index contributed by atoms with van der Waals surface area (Å²) in [5.41, 5.74) is -0.126. The maximum atomic E-state index is 12.6. The van der Waals surface area contributed by atoms with Crippen LogP contribution in [0, 0.1) is 0 Å². The van der Waals surface area contributed by atoms with Gasteiger partial charge in [0.25, 0.3) is 0 Å². The molecule has 0 aliphatic rings. The first-order chi connectivity index (χ1) is 11.8. The number of nitrogens with zero attached hydrogens (tertiary/aromatic N) is 2. The predicted molar refractivity (Wildman–Crippen MR) is 90.4 cm³/mol. The molecular weight excluding hydrogens is 375 g/mol. The zero-order valence-electron chi connectivity index (χ0n) is 13.2. The van der Waals surface area contributed by atoms with Crippen molar-refractivity contribution in [1.29, 1.82) is 0 Å². The molecule has 1 atom stereocenters. The minimum atomic E-state index is -4.54. The summed E-state index contributed by atoms with van der Waals surface area (Å²) in [5.74, 6) is -0.390. The molecule has 25 heavy (non-hydrogen) atoms. The van der Waals surface area contributed by atoms with E-state index in [4.69, 9.17) is 11.6 Å². The Morgan fingerprint density at radius 3 is 2.56 bits per heavy atom. The molecule has 1 heterocycles. The van der Waals surface area contributed by atoms with Crippen molar-refractivity contribution in [2.24, 2.45) is 0 Å². The van der Waals surface area contributed by atoms with Crippen LogP contribution in [0.4, 0.5) is 13.2 Å². The molecule has 0 saturated carbocycles. The molecule has 0 saturated heterocycles. The highest BCUT2D eigenvalue weighted by atomic mass is 35.5. The van der Waals surface area contributed by atoms with Crippen LogP contribution in [0.15, 0.2) is 41.7 Å². The molecule has 0 spiro atoms. The average molecular weight is 390 g/mol. The largest absolute Gasteiger partial charge is 0.433 e. The van der Waals surface area contributed by atoms with Gasteiger partial charge in [0, 0.05) is 11.2 Å². The van der Waals surface area contributed by atoms with E-state index < -0.39 is 11.9 Å². The van der Waals surface area contributed by atoms with E-state index in [9.17, 15) is 18.0 Å². The molecule has 9 heteroatoms. The van der Waals surface area contributed by atoms with E-state index in [2.05, 4.69) is 15.3 Å². The van der Waals surface area contributed by atoms with Crippen LogP contribution in [0.25, 0.3) is 0 Å². The first-order valence-electron chi connectivity index (χ1n) is 7.37. The zero-order valence-corrected chi connectivity index (χ0v) is 14.8. The summed E-state index contributed by atoms with van der Waals surface area (Å²) in [4.78, 5) is 19.2. The Labute approximate surface area is 152 Å². The summed E-state index contributed by atoms with van der Waals surface area (Å²) in [5, 5.41) is 3.34. The van der Waals surface area contributed by atoms with Gasteiger partial charge in [0.2, 0.25) is 5.91 Å². The molecule has 0 bridgehead atoms. The number of benzene rings is 1. The molecule has 4 nitrogen and oxygen atoms in total. The SMILES string of the molecule is CCC(NC(=O)CSc1nccc(C(F)(F)F)n1)c1ccc(Cl)cc1. The monoisotopic (exact) mass is 389 g/mol. The molecule has 1 amide bonds. The number of thioether (sulfide) groups is 1. The van der Waals surface area contributed by atoms with E-state index in [-0.39, 0.29) is 22.9 Å². The zero-order chi connectivity index (χ0) is 18.4. The van der Waals surface area contributed by atoms with Crippen molar-refractivity contribution in [1.82, 2.24) is 15.3 Å². The number of rotatable bonds is 6. The van der Waals surface area contributed by atoms with Gasteiger partial charge in [0.15, 0.2) is 5.16 Å². The van der Waals surface area contributed by atoms with Gasteiger partial charge in [-0.25, -0.2) is 9.97 Å². The van der Waals surface area contributed by atoms with Crippen LogP contribution in [0.5, 0.6) is 0 Å². The van der Waals surface area contributed by atoms with E-state index in [1.807, 2.05) is 19.1 Å². The summed E-state index contributed by atoms with van der Waals surface area (Å²) in [6.07, 6.45) is -2.85. The van der Waals surface area contributed by atoms with Crippen molar-refractivity contribution in [3.8, 4) is 0 Å². The van der Waals surface area contributed by atoms with Gasteiger partial charge in [-0.1, -0.05) is 42.4 Å². The number of alkyl halides is 3. The van der Waals surface area contributed by atoms with Gasteiger partial charge in [0.05, 0.1) is 11.8 Å². The molecule has 1 aromatic heterocycles. The van der Waals surface area contributed by atoms with Crippen LogP contribution in [-0.4, -0.2) is 21.6 Å². The number of carbonyl (C=O) groups is 1. The van der Waals surface area contributed by atoms with Crippen molar-refractivity contribution in [3.05, 3.63) is 52.8 Å². The molecule has 0 fully saturated rings. The Hall–Kier alpha value is -1.80. The molecule has 2 rings (SSSR count). The van der Waals surface area contributed by atoms with E-state index in [0.29, 0.717) is 11.4 Å². The number of carbonyl (C=O) groups excluding carboxylic acids is 1. The second-order valence-electron chi connectivity index (χ2n) is 5.09. The molecule has 1 aromatic carbocycles. The molecule has 2 aromatic rings. The lowest BCUT2D eigenvalue weighted by molar-refractivity contribution is -0.141. The van der Waals surface area contributed by atoms with Gasteiger partial charge in [-0.2, -0.15) is 13.2 Å². The van der Waals surface area contributed by atoms with E-state index in [1.54, 1.807) is 12.1 Å². The Morgan fingerprint density at radius 2 is 1.96 bits per heavy atom. The first-order valence-corrected chi connectivity index (χ1v) is 8.74. The Kier molecular flexibility index (Phi) is 6.66. The fourth-order valence-corrected chi connectivity index (χ4v) is 2.82. The summed E-state index contributed by atoms with van der Waals surface area (Å²) in [6, 6.07) is 7.69. The molecule has 134 valence electrons. The Balaban J connectivity index is 1.94. The number of amides is 1. The van der Waals surface area contributed by atoms with Crippen molar-refractivity contribution >= 4 is 29.3 Å². The summed E-state index contributed by atoms with van der Waals surface area (Å²) in [6.45, 7) is 1.92. The quantitative estimate of drug-likeness (QED) is 0.583.